The van der Waals surface area contributed by atoms with Gasteiger partial charge in [-0.1, -0.05) is 0 Å². The van der Waals surface area contributed by atoms with Gasteiger partial charge < -0.3 is 14.8 Å². The molecule has 2 aromatic rings. The number of benzene rings is 2. The second-order valence-electron chi connectivity index (χ2n) is 5.45. The molecule has 0 heterocycles. The summed E-state index contributed by atoms with van der Waals surface area (Å²) in [5.41, 5.74) is 0.859. The van der Waals surface area contributed by atoms with Gasteiger partial charge in [-0.25, -0.2) is 9.59 Å². The van der Waals surface area contributed by atoms with E-state index in [2.05, 4.69) is 14.8 Å². The average molecular weight is 384 g/mol. The third-order valence-corrected chi connectivity index (χ3v) is 3.57. The maximum absolute atomic E-state index is 12.1. The molecule has 0 aliphatic heterocycles. The molecule has 0 aliphatic rings. The number of nitro benzene ring substituents is 1. The van der Waals surface area contributed by atoms with Crippen LogP contribution in [-0.4, -0.2) is 37.0 Å². The summed E-state index contributed by atoms with van der Waals surface area (Å²) in [6, 6.07) is 9.64. The van der Waals surface area contributed by atoms with Crippen LogP contribution in [0.1, 0.15) is 26.3 Å². The van der Waals surface area contributed by atoms with Crippen LogP contribution in [0.2, 0.25) is 0 Å². The number of nitro groups is 1. The number of methoxy groups -OCH3 is 2. The molecule has 0 bridgehead atoms. The molecular weight excluding hydrogens is 368 g/mol. The molecular formula is C19H16N2O7. The van der Waals surface area contributed by atoms with Gasteiger partial charge >= 0.3 is 11.9 Å². The summed E-state index contributed by atoms with van der Waals surface area (Å²) in [4.78, 5) is 45.7. The van der Waals surface area contributed by atoms with Crippen molar-refractivity contribution in [1.82, 2.24) is 0 Å². The summed E-state index contributed by atoms with van der Waals surface area (Å²) in [6.45, 7) is 0. The summed E-state index contributed by atoms with van der Waals surface area (Å²) in [7, 11) is 2.39. The number of carbonyl (C=O) groups is 3. The average Bonchev–Trinajstić information content (AvgIpc) is 2.70. The SMILES string of the molecule is COC(=O)c1cc(NC(=O)/C=C/c2ccc([N+](=O)[O-])cc2)cc(C(=O)OC)c1. The van der Waals surface area contributed by atoms with Crippen molar-refractivity contribution >= 4 is 35.3 Å². The molecule has 0 aliphatic carbocycles. The van der Waals surface area contributed by atoms with Gasteiger partial charge in [0, 0.05) is 23.9 Å². The number of carbonyl (C=O) groups excluding carboxylic acids is 3. The van der Waals surface area contributed by atoms with Crippen LogP contribution in [0.15, 0.2) is 48.5 Å². The molecule has 28 heavy (non-hydrogen) atoms. The highest BCUT2D eigenvalue weighted by Crippen LogP contribution is 2.18. The third-order valence-electron chi connectivity index (χ3n) is 3.57. The highest BCUT2D eigenvalue weighted by atomic mass is 16.6. The van der Waals surface area contributed by atoms with E-state index in [1.807, 2.05) is 0 Å². The van der Waals surface area contributed by atoms with Crippen molar-refractivity contribution < 1.29 is 28.8 Å². The van der Waals surface area contributed by atoms with Gasteiger partial charge in [0.1, 0.15) is 0 Å². The van der Waals surface area contributed by atoms with Crippen LogP contribution in [-0.2, 0) is 14.3 Å². The van der Waals surface area contributed by atoms with Gasteiger partial charge in [-0.05, 0) is 42.0 Å². The molecule has 9 nitrogen and oxygen atoms in total. The predicted octanol–water partition coefficient (Wildman–Crippen LogP) is 2.82. The number of esters is 2. The Balaban J connectivity index is 2.18. The van der Waals surface area contributed by atoms with Crippen molar-refractivity contribution in [2.24, 2.45) is 0 Å². The number of nitrogens with one attached hydrogen (secondary N) is 1. The predicted molar refractivity (Wildman–Crippen MR) is 99.9 cm³/mol. The molecule has 1 amide bonds. The fourth-order valence-corrected chi connectivity index (χ4v) is 2.23. The van der Waals surface area contributed by atoms with Crippen LogP contribution in [0.25, 0.3) is 6.08 Å². The fraction of sp³-hybridized carbons (Fsp3) is 0.105. The minimum absolute atomic E-state index is 0.0587. The number of nitrogens with zero attached hydrogens (tertiary/aromatic N) is 1. The second kappa shape index (κ2) is 9.08. The molecule has 2 rings (SSSR count). The number of ether oxygens (including phenoxy) is 2. The van der Waals surface area contributed by atoms with Crippen molar-refractivity contribution in [1.29, 1.82) is 0 Å². The summed E-state index contributed by atoms with van der Waals surface area (Å²) >= 11 is 0. The zero-order valence-corrected chi connectivity index (χ0v) is 15.0. The Bertz CT molecular complexity index is 915. The lowest BCUT2D eigenvalue weighted by atomic mass is 10.1. The molecule has 0 saturated carbocycles. The Morgan fingerprint density at radius 1 is 0.964 bits per heavy atom. The molecule has 0 radical (unpaired) electrons. The van der Waals surface area contributed by atoms with Crippen LogP contribution in [0.4, 0.5) is 11.4 Å². The van der Waals surface area contributed by atoms with Crippen molar-refractivity contribution in [2.75, 3.05) is 19.5 Å². The van der Waals surface area contributed by atoms with Crippen LogP contribution in [0.3, 0.4) is 0 Å². The lowest BCUT2D eigenvalue weighted by Gasteiger charge is -2.08. The first kappa shape index (κ1) is 20.3. The zero-order chi connectivity index (χ0) is 20.7. The Kier molecular flexibility index (Phi) is 6.58. The van der Waals surface area contributed by atoms with Crippen molar-refractivity contribution in [2.45, 2.75) is 0 Å². The zero-order valence-electron chi connectivity index (χ0n) is 15.0. The van der Waals surface area contributed by atoms with Crippen LogP contribution < -0.4 is 5.32 Å². The molecule has 144 valence electrons. The van der Waals surface area contributed by atoms with Crippen LogP contribution >= 0.6 is 0 Å². The first-order chi connectivity index (χ1) is 13.3. The minimum atomic E-state index is -0.678. The maximum Gasteiger partial charge on any atom is 0.337 e. The molecule has 0 spiro atoms. The number of hydrogen-bond donors (Lipinski definition) is 1. The Morgan fingerprint density at radius 3 is 1.96 bits per heavy atom. The molecule has 1 N–H and O–H groups in total. The van der Waals surface area contributed by atoms with Crippen LogP contribution in [0.5, 0.6) is 0 Å². The number of amides is 1. The van der Waals surface area contributed by atoms with Gasteiger partial charge in [0.2, 0.25) is 5.91 Å². The number of hydrogen-bond acceptors (Lipinski definition) is 7. The Hall–Kier alpha value is -4.01. The molecule has 0 fully saturated rings. The van der Waals surface area contributed by atoms with Gasteiger partial charge in [-0.15, -0.1) is 0 Å². The van der Waals surface area contributed by atoms with Gasteiger partial charge in [-0.2, -0.15) is 0 Å². The van der Waals surface area contributed by atoms with Crippen molar-refractivity contribution in [3.63, 3.8) is 0 Å². The summed E-state index contributed by atoms with van der Waals surface area (Å²) in [6.07, 6.45) is 2.67. The van der Waals surface area contributed by atoms with Gasteiger partial charge in [0.15, 0.2) is 0 Å². The number of rotatable bonds is 6. The van der Waals surface area contributed by atoms with Crippen molar-refractivity contribution in [3.05, 3.63) is 75.3 Å². The summed E-state index contributed by atoms with van der Waals surface area (Å²) < 4.78 is 9.26. The number of non-ortho nitro benzene ring substituents is 1. The van der Waals surface area contributed by atoms with E-state index in [9.17, 15) is 24.5 Å². The molecule has 9 heteroatoms. The van der Waals surface area contributed by atoms with Gasteiger partial charge in [0.05, 0.1) is 30.3 Å². The maximum atomic E-state index is 12.1. The van der Waals surface area contributed by atoms with E-state index in [-0.39, 0.29) is 22.5 Å². The summed E-state index contributed by atoms with van der Waals surface area (Å²) in [5, 5.41) is 13.2. The highest BCUT2D eigenvalue weighted by Gasteiger charge is 2.14. The quantitative estimate of drug-likeness (QED) is 0.351. The molecule has 2 aromatic carbocycles. The van der Waals surface area contributed by atoms with Crippen LogP contribution in [0, 0.1) is 10.1 Å². The standard InChI is InChI=1S/C19H16N2O7/c1-27-18(23)13-9-14(19(24)28-2)11-15(10-13)20-17(22)8-5-12-3-6-16(7-4-12)21(25)26/h3-11H,1-2H3,(H,20,22)/b8-5+. The van der Waals surface area contributed by atoms with Gasteiger partial charge in [0.25, 0.3) is 5.69 Å². The summed E-state index contributed by atoms with van der Waals surface area (Å²) in [5.74, 6) is -1.89. The van der Waals surface area contributed by atoms with Crippen molar-refractivity contribution in [3.8, 4) is 0 Å². The molecule has 0 unspecified atom stereocenters. The highest BCUT2D eigenvalue weighted by molar-refractivity contribution is 6.04. The lowest BCUT2D eigenvalue weighted by molar-refractivity contribution is -0.384. The van der Waals surface area contributed by atoms with E-state index in [0.29, 0.717) is 5.56 Å². The first-order valence-electron chi connectivity index (χ1n) is 7.89. The second-order valence-corrected chi connectivity index (χ2v) is 5.45. The Morgan fingerprint density at radius 2 is 1.50 bits per heavy atom. The van der Waals surface area contributed by atoms with E-state index in [0.717, 1.165) is 0 Å². The van der Waals surface area contributed by atoms with E-state index in [4.69, 9.17) is 0 Å². The first-order valence-corrected chi connectivity index (χ1v) is 7.89. The van der Waals surface area contributed by atoms with E-state index >= 15 is 0 Å². The normalized spacial score (nSPS) is 10.4. The van der Waals surface area contributed by atoms with E-state index in [1.54, 1.807) is 0 Å². The molecule has 0 saturated heterocycles. The minimum Gasteiger partial charge on any atom is -0.465 e. The largest absolute Gasteiger partial charge is 0.465 e. The fourth-order valence-electron chi connectivity index (χ4n) is 2.23. The monoisotopic (exact) mass is 384 g/mol. The smallest absolute Gasteiger partial charge is 0.337 e. The topological polar surface area (TPSA) is 125 Å². The van der Waals surface area contributed by atoms with E-state index in [1.165, 1.54) is 68.8 Å². The number of anilines is 1. The lowest BCUT2D eigenvalue weighted by Crippen LogP contribution is -2.12. The van der Waals surface area contributed by atoms with E-state index < -0.39 is 22.8 Å². The van der Waals surface area contributed by atoms with Gasteiger partial charge in [-0.3, -0.25) is 14.9 Å². The third kappa shape index (κ3) is 5.24. The Labute approximate surface area is 159 Å². The molecule has 0 atom stereocenters. The molecule has 0 aromatic heterocycles.